The Bertz CT molecular complexity index is 436. The average molecular weight is 318 g/mol. The predicted molar refractivity (Wildman–Crippen MR) is 55.4 cm³/mol. The van der Waals surface area contributed by atoms with Crippen LogP contribution in [0.4, 0.5) is 18.9 Å². The summed E-state index contributed by atoms with van der Waals surface area (Å²) in [7, 11) is 0. The van der Waals surface area contributed by atoms with Crippen molar-refractivity contribution < 1.29 is 18.1 Å². The van der Waals surface area contributed by atoms with Gasteiger partial charge in [-0.25, -0.2) is 0 Å². The van der Waals surface area contributed by atoms with E-state index in [1.54, 1.807) is 0 Å². The van der Waals surface area contributed by atoms with Gasteiger partial charge in [0.25, 0.3) is 5.69 Å². The van der Waals surface area contributed by atoms with Crippen molar-refractivity contribution >= 4 is 33.2 Å². The number of nitrogens with zero attached hydrogens (tertiary/aromatic N) is 1. The van der Waals surface area contributed by atoms with Crippen LogP contribution in [0.5, 0.6) is 0 Å². The number of benzene rings is 1. The topological polar surface area (TPSA) is 43.1 Å². The number of alkyl halides is 4. The maximum absolute atomic E-state index is 12.5. The molecule has 0 aliphatic heterocycles. The molecule has 0 aliphatic carbocycles. The van der Waals surface area contributed by atoms with Gasteiger partial charge in [-0.1, -0.05) is 0 Å². The highest BCUT2D eigenvalue weighted by atomic mass is 79.9. The second-order valence-corrected chi connectivity index (χ2v) is 3.98. The third kappa shape index (κ3) is 2.65. The van der Waals surface area contributed by atoms with Gasteiger partial charge in [0, 0.05) is 16.4 Å². The molecule has 0 amide bonds. The molecular weight excluding hydrogens is 314 g/mol. The van der Waals surface area contributed by atoms with Crippen molar-refractivity contribution in [3.63, 3.8) is 0 Å². The Morgan fingerprint density at radius 1 is 1.44 bits per heavy atom. The van der Waals surface area contributed by atoms with Crippen LogP contribution in [0.1, 0.15) is 11.1 Å². The number of nitro benzene ring substituents is 1. The normalized spacial score (nSPS) is 11.6. The van der Waals surface area contributed by atoms with E-state index < -0.39 is 22.4 Å². The fourth-order valence-electron chi connectivity index (χ4n) is 1.15. The fraction of sp³-hybridized carbons (Fsp3) is 0.250. The highest BCUT2D eigenvalue weighted by Crippen LogP contribution is 2.41. The van der Waals surface area contributed by atoms with E-state index in [1.807, 2.05) is 0 Å². The standard InChI is InChI=1S/C8H4BrClF3NO2/c9-5-1-4(3-10)2-6(14(15)16)7(5)8(11,12)13/h1-2H,3H2. The van der Waals surface area contributed by atoms with E-state index in [-0.39, 0.29) is 15.9 Å². The first kappa shape index (κ1) is 13.2. The summed E-state index contributed by atoms with van der Waals surface area (Å²) in [5.41, 5.74) is -2.06. The molecular formula is C8H4BrClF3NO2. The van der Waals surface area contributed by atoms with Gasteiger partial charge in [0.05, 0.1) is 4.92 Å². The lowest BCUT2D eigenvalue weighted by Crippen LogP contribution is -2.10. The summed E-state index contributed by atoms with van der Waals surface area (Å²) < 4.78 is 37.2. The molecule has 0 fully saturated rings. The zero-order valence-corrected chi connectivity index (χ0v) is 9.86. The molecule has 0 heterocycles. The molecule has 8 heteroatoms. The molecule has 0 spiro atoms. The highest BCUT2D eigenvalue weighted by molar-refractivity contribution is 9.10. The van der Waals surface area contributed by atoms with Crippen LogP contribution in [-0.4, -0.2) is 4.92 Å². The molecule has 16 heavy (non-hydrogen) atoms. The summed E-state index contributed by atoms with van der Waals surface area (Å²) in [6, 6.07) is 1.93. The van der Waals surface area contributed by atoms with E-state index in [4.69, 9.17) is 11.6 Å². The lowest BCUT2D eigenvalue weighted by molar-refractivity contribution is -0.388. The fourth-order valence-corrected chi connectivity index (χ4v) is 2.02. The number of nitro groups is 1. The van der Waals surface area contributed by atoms with Gasteiger partial charge in [0.2, 0.25) is 0 Å². The Kier molecular flexibility index (Phi) is 3.80. The summed E-state index contributed by atoms with van der Waals surface area (Å²) in [5.74, 6) is -0.0996. The van der Waals surface area contributed by atoms with Crippen molar-refractivity contribution in [1.29, 1.82) is 0 Å². The molecule has 0 aromatic heterocycles. The van der Waals surface area contributed by atoms with Gasteiger partial charge in [0.1, 0.15) is 5.56 Å². The van der Waals surface area contributed by atoms with Crippen LogP contribution in [0.15, 0.2) is 16.6 Å². The number of hydrogen-bond acceptors (Lipinski definition) is 2. The van der Waals surface area contributed by atoms with Crippen LogP contribution in [0.2, 0.25) is 0 Å². The Hall–Kier alpha value is -0.820. The SMILES string of the molecule is O=[N+]([O-])c1cc(CCl)cc(Br)c1C(F)(F)F. The Morgan fingerprint density at radius 2 is 2.00 bits per heavy atom. The molecule has 0 bridgehead atoms. The molecule has 0 N–H and O–H groups in total. The van der Waals surface area contributed by atoms with Crippen molar-refractivity contribution in [3.8, 4) is 0 Å². The molecule has 1 aromatic carbocycles. The lowest BCUT2D eigenvalue weighted by atomic mass is 10.1. The summed E-state index contributed by atoms with van der Waals surface area (Å²) in [6.45, 7) is 0. The van der Waals surface area contributed by atoms with E-state index in [2.05, 4.69) is 15.9 Å². The second kappa shape index (κ2) is 4.58. The van der Waals surface area contributed by atoms with Gasteiger partial charge in [-0.15, -0.1) is 11.6 Å². The number of rotatable bonds is 2. The summed E-state index contributed by atoms with van der Waals surface area (Å²) >= 11 is 8.08. The van der Waals surface area contributed by atoms with Crippen LogP contribution < -0.4 is 0 Å². The largest absolute Gasteiger partial charge is 0.424 e. The Labute approximate surface area is 101 Å². The van der Waals surface area contributed by atoms with Gasteiger partial charge in [0.15, 0.2) is 0 Å². The molecule has 0 unspecified atom stereocenters. The first-order valence-corrected chi connectivity index (χ1v) is 5.20. The van der Waals surface area contributed by atoms with Crippen LogP contribution in [0, 0.1) is 10.1 Å². The van der Waals surface area contributed by atoms with Crippen molar-refractivity contribution in [1.82, 2.24) is 0 Å². The first-order valence-electron chi connectivity index (χ1n) is 3.87. The van der Waals surface area contributed by atoms with E-state index in [0.717, 1.165) is 12.1 Å². The predicted octanol–water partition coefficient (Wildman–Crippen LogP) is 4.11. The zero-order valence-electron chi connectivity index (χ0n) is 7.52. The minimum absolute atomic E-state index is 0.0996. The van der Waals surface area contributed by atoms with E-state index in [0.29, 0.717) is 0 Å². The maximum atomic E-state index is 12.5. The average Bonchev–Trinajstić information content (AvgIpc) is 2.14. The molecule has 1 aromatic rings. The summed E-state index contributed by atoms with van der Waals surface area (Å²) in [4.78, 5) is 9.45. The molecule has 0 saturated carbocycles. The van der Waals surface area contributed by atoms with E-state index in [1.165, 1.54) is 0 Å². The van der Waals surface area contributed by atoms with Crippen molar-refractivity contribution in [2.45, 2.75) is 12.1 Å². The van der Waals surface area contributed by atoms with Crippen LogP contribution >= 0.6 is 27.5 Å². The Balaban J connectivity index is 3.53. The summed E-state index contributed by atoms with van der Waals surface area (Å²) in [6.07, 6.45) is -4.79. The van der Waals surface area contributed by atoms with Crippen LogP contribution in [0.3, 0.4) is 0 Å². The van der Waals surface area contributed by atoms with Crippen molar-refractivity contribution in [3.05, 3.63) is 37.8 Å². The first-order chi connectivity index (χ1) is 7.27. The van der Waals surface area contributed by atoms with Crippen molar-refractivity contribution in [2.24, 2.45) is 0 Å². The third-order valence-electron chi connectivity index (χ3n) is 1.76. The lowest BCUT2D eigenvalue weighted by Gasteiger charge is -2.10. The van der Waals surface area contributed by atoms with Gasteiger partial charge in [-0.05, 0) is 27.6 Å². The molecule has 0 radical (unpaired) electrons. The molecule has 0 aliphatic rings. The smallest absolute Gasteiger partial charge is 0.258 e. The summed E-state index contributed by atoms with van der Waals surface area (Å²) in [5, 5.41) is 10.5. The molecule has 3 nitrogen and oxygen atoms in total. The number of halogens is 5. The van der Waals surface area contributed by atoms with Gasteiger partial charge in [-0.3, -0.25) is 10.1 Å². The minimum atomic E-state index is -4.79. The van der Waals surface area contributed by atoms with Crippen molar-refractivity contribution in [2.75, 3.05) is 0 Å². The highest BCUT2D eigenvalue weighted by Gasteiger charge is 2.40. The zero-order chi connectivity index (χ0) is 12.5. The molecule has 0 atom stereocenters. The van der Waals surface area contributed by atoms with Gasteiger partial charge in [-0.2, -0.15) is 13.2 Å². The van der Waals surface area contributed by atoms with E-state index in [9.17, 15) is 23.3 Å². The second-order valence-electron chi connectivity index (χ2n) is 2.86. The van der Waals surface area contributed by atoms with Crippen LogP contribution in [0.25, 0.3) is 0 Å². The Morgan fingerprint density at radius 3 is 2.38 bits per heavy atom. The monoisotopic (exact) mass is 317 g/mol. The molecule has 0 saturated heterocycles. The van der Waals surface area contributed by atoms with Gasteiger partial charge < -0.3 is 0 Å². The molecule has 88 valence electrons. The molecule has 1 rings (SSSR count). The number of hydrogen-bond donors (Lipinski definition) is 0. The third-order valence-corrected chi connectivity index (χ3v) is 2.70. The van der Waals surface area contributed by atoms with Gasteiger partial charge >= 0.3 is 6.18 Å². The maximum Gasteiger partial charge on any atom is 0.424 e. The van der Waals surface area contributed by atoms with E-state index >= 15 is 0 Å². The quantitative estimate of drug-likeness (QED) is 0.468. The minimum Gasteiger partial charge on any atom is -0.258 e. The van der Waals surface area contributed by atoms with Crippen LogP contribution in [-0.2, 0) is 12.1 Å².